The van der Waals surface area contributed by atoms with E-state index in [-0.39, 0.29) is 11.4 Å². The van der Waals surface area contributed by atoms with E-state index in [0.29, 0.717) is 27.5 Å². The number of benzene rings is 1. The molecule has 3 aromatic rings. The van der Waals surface area contributed by atoms with Crippen LogP contribution in [0.1, 0.15) is 11.1 Å². The van der Waals surface area contributed by atoms with Crippen molar-refractivity contribution >= 4 is 27.8 Å². The van der Waals surface area contributed by atoms with Crippen molar-refractivity contribution in [3.63, 3.8) is 0 Å². The first-order chi connectivity index (χ1) is 9.91. The lowest BCUT2D eigenvalue weighted by Crippen LogP contribution is -1.96. The van der Waals surface area contributed by atoms with Crippen LogP contribution in [0.15, 0.2) is 30.5 Å². The van der Waals surface area contributed by atoms with Crippen molar-refractivity contribution in [1.82, 2.24) is 4.40 Å². The van der Waals surface area contributed by atoms with Crippen LogP contribution in [0.25, 0.3) is 16.4 Å². The van der Waals surface area contributed by atoms with Crippen molar-refractivity contribution in [1.29, 1.82) is 0 Å². The van der Waals surface area contributed by atoms with E-state index in [1.807, 2.05) is 0 Å². The van der Waals surface area contributed by atoms with Gasteiger partial charge in [0.1, 0.15) is 5.52 Å². The van der Waals surface area contributed by atoms with E-state index in [4.69, 9.17) is 0 Å². The second-order valence-electron chi connectivity index (χ2n) is 4.93. The number of aromatic nitrogens is 1. The Balaban J connectivity index is 2.52. The predicted octanol–water partition coefficient (Wildman–Crippen LogP) is 3.53. The van der Waals surface area contributed by atoms with Crippen molar-refractivity contribution in [2.75, 3.05) is 0 Å². The molecule has 0 spiro atoms. The molecule has 0 bridgehead atoms. The average molecular weight is 285 g/mol. The monoisotopic (exact) mass is 285 g/mol. The Kier molecular flexibility index (Phi) is 2.65. The zero-order valence-corrected chi connectivity index (χ0v) is 11.4. The quantitative estimate of drug-likeness (QED) is 0.532. The summed E-state index contributed by atoms with van der Waals surface area (Å²) in [7, 11) is 0. The summed E-state index contributed by atoms with van der Waals surface area (Å²) in [6, 6.07) is 6.52. The fourth-order valence-electron chi connectivity index (χ4n) is 2.72. The minimum atomic E-state index is -0.431. The first kappa shape index (κ1) is 13.0. The molecule has 7 nitrogen and oxygen atoms in total. The Morgan fingerprint density at radius 3 is 2.10 bits per heavy atom. The van der Waals surface area contributed by atoms with Crippen LogP contribution in [-0.2, 0) is 0 Å². The fourth-order valence-corrected chi connectivity index (χ4v) is 2.72. The summed E-state index contributed by atoms with van der Waals surface area (Å²) in [5, 5.41) is 22.9. The summed E-state index contributed by atoms with van der Waals surface area (Å²) >= 11 is 0. The van der Waals surface area contributed by atoms with Crippen LogP contribution in [-0.4, -0.2) is 14.2 Å². The van der Waals surface area contributed by atoms with Crippen LogP contribution in [0.2, 0.25) is 0 Å². The van der Waals surface area contributed by atoms with Gasteiger partial charge in [-0.15, -0.1) is 0 Å². The van der Waals surface area contributed by atoms with Crippen molar-refractivity contribution in [3.8, 4) is 0 Å². The summed E-state index contributed by atoms with van der Waals surface area (Å²) in [4.78, 5) is 21.5. The minimum Gasteiger partial charge on any atom is -0.310 e. The van der Waals surface area contributed by atoms with Crippen LogP contribution < -0.4 is 0 Å². The van der Waals surface area contributed by atoms with Crippen LogP contribution in [0.5, 0.6) is 0 Å². The Labute approximate surface area is 118 Å². The number of nitrogens with zero attached hydrogens (tertiary/aromatic N) is 3. The Morgan fingerprint density at radius 2 is 1.48 bits per heavy atom. The first-order valence-corrected chi connectivity index (χ1v) is 6.24. The van der Waals surface area contributed by atoms with E-state index in [0.717, 1.165) is 0 Å². The molecule has 0 aliphatic heterocycles. The molecule has 0 aliphatic rings. The lowest BCUT2D eigenvalue weighted by molar-refractivity contribution is -0.383. The molecular weight excluding hydrogens is 274 g/mol. The number of rotatable bonds is 2. The van der Waals surface area contributed by atoms with E-state index >= 15 is 0 Å². The third-order valence-electron chi connectivity index (χ3n) is 3.63. The molecule has 0 aliphatic carbocycles. The van der Waals surface area contributed by atoms with Crippen LogP contribution in [0, 0.1) is 34.1 Å². The van der Waals surface area contributed by atoms with Gasteiger partial charge in [-0.3, -0.25) is 20.2 Å². The molecular formula is C14H11N3O4. The van der Waals surface area contributed by atoms with E-state index in [1.54, 1.807) is 48.7 Å². The van der Waals surface area contributed by atoms with Crippen molar-refractivity contribution in [2.45, 2.75) is 13.8 Å². The number of nitro benzene ring substituents is 1. The largest absolute Gasteiger partial charge is 0.310 e. The van der Waals surface area contributed by atoms with Gasteiger partial charge < -0.3 is 4.40 Å². The number of nitro groups is 2. The number of hydrogen-bond donors (Lipinski definition) is 0. The molecule has 0 unspecified atom stereocenters. The Hall–Kier alpha value is -2.96. The van der Waals surface area contributed by atoms with Gasteiger partial charge >= 0.3 is 0 Å². The molecule has 7 heteroatoms. The SMILES string of the molecule is Cc1ccc2c(ccc3c([N+](=O)[O-])c(C)cn32)c1[N+](=O)[O-]. The maximum Gasteiger partial charge on any atom is 0.297 e. The summed E-state index contributed by atoms with van der Waals surface area (Å²) in [6.45, 7) is 3.32. The summed E-state index contributed by atoms with van der Waals surface area (Å²) in [5.41, 5.74) is 2.16. The zero-order valence-electron chi connectivity index (χ0n) is 11.4. The van der Waals surface area contributed by atoms with Crippen LogP contribution >= 0.6 is 0 Å². The molecule has 0 atom stereocenters. The second kappa shape index (κ2) is 4.27. The third kappa shape index (κ3) is 1.74. The van der Waals surface area contributed by atoms with Crippen LogP contribution in [0.3, 0.4) is 0 Å². The lowest BCUT2D eigenvalue weighted by atomic mass is 10.1. The van der Waals surface area contributed by atoms with Gasteiger partial charge in [0.2, 0.25) is 0 Å². The molecule has 0 amide bonds. The Bertz CT molecular complexity index is 927. The summed E-state index contributed by atoms with van der Waals surface area (Å²) in [6.07, 6.45) is 1.63. The first-order valence-electron chi connectivity index (χ1n) is 6.24. The van der Waals surface area contributed by atoms with Gasteiger partial charge in [0.05, 0.1) is 20.7 Å². The molecule has 3 rings (SSSR count). The van der Waals surface area contributed by atoms with Gasteiger partial charge in [0.25, 0.3) is 11.4 Å². The van der Waals surface area contributed by atoms with E-state index < -0.39 is 9.85 Å². The topological polar surface area (TPSA) is 90.7 Å². The number of aryl methyl sites for hydroxylation is 2. The number of fused-ring (bicyclic) bond motifs is 3. The van der Waals surface area contributed by atoms with Crippen molar-refractivity contribution in [2.24, 2.45) is 0 Å². The highest BCUT2D eigenvalue weighted by molar-refractivity contribution is 5.93. The highest BCUT2D eigenvalue weighted by atomic mass is 16.6. The summed E-state index contributed by atoms with van der Waals surface area (Å²) in [5.74, 6) is 0. The highest BCUT2D eigenvalue weighted by Crippen LogP contribution is 2.34. The van der Waals surface area contributed by atoms with E-state index in [2.05, 4.69) is 0 Å². The average Bonchev–Trinajstić information content (AvgIpc) is 2.73. The van der Waals surface area contributed by atoms with Crippen LogP contribution in [0.4, 0.5) is 11.4 Å². The number of pyridine rings is 1. The molecule has 0 radical (unpaired) electrons. The molecule has 0 saturated carbocycles. The maximum atomic E-state index is 11.2. The molecule has 2 heterocycles. The normalized spacial score (nSPS) is 11.1. The second-order valence-corrected chi connectivity index (χ2v) is 4.93. The van der Waals surface area contributed by atoms with Gasteiger partial charge in [-0.25, -0.2) is 0 Å². The lowest BCUT2D eigenvalue weighted by Gasteiger charge is -2.05. The van der Waals surface area contributed by atoms with Crippen molar-refractivity contribution in [3.05, 3.63) is 61.8 Å². The van der Waals surface area contributed by atoms with Gasteiger partial charge in [0, 0.05) is 17.3 Å². The van der Waals surface area contributed by atoms with Gasteiger partial charge in [0.15, 0.2) is 0 Å². The third-order valence-corrected chi connectivity index (χ3v) is 3.63. The smallest absolute Gasteiger partial charge is 0.297 e. The van der Waals surface area contributed by atoms with Gasteiger partial charge in [-0.2, -0.15) is 0 Å². The van der Waals surface area contributed by atoms with Gasteiger partial charge in [-0.1, -0.05) is 6.07 Å². The van der Waals surface area contributed by atoms with E-state index in [1.165, 1.54) is 0 Å². The molecule has 0 saturated heterocycles. The molecule has 0 fully saturated rings. The summed E-state index contributed by atoms with van der Waals surface area (Å²) < 4.78 is 1.63. The molecule has 1 aromatic carbocycles. The highest BCUT2D eigenvalue weighted by Gasteiger charge is 2.22. The van der Waals surface area contributed by atoms with E-state index in [9.17, 15) is 20.2 Å². The van der Waals surface area contributed by atoms with Gasteiger partial charge in [-0.05, 0) is 32.0 Å². The fraction of sp³-hybridized carbons (Fsp3) is 0.143. The minimum absolute atomic E-state index is 0.0279. The predicted molar refractivity (Wildman–Crippen MR) is 77.7 cm³/mol. The number of hydrogen-bond acceptors (Lipinski definition) is 4. The molecule has 2 aromatic heterocycles. The molecule has 0 N–H and O–H groups in total. The Morgan fingerprint density at radius 1 is 0.857 bits per heavy atom. The standard InChI is InChI=1S/C14H11N3O4/c1-8-3-5-11-10(13(8)16(18)19)4-6-12-14(17(20)21)9(2)7-15(11)12/h3-7H,1-2H3. The maximum absolute atomic E-state index is 11.2. The molecule has 106 valence electrons. The molecule has 21 heavy (non-hydrogen) atoms. The van der Waals surface area contributed by atoms with Crippen molar-refractivity contribution < 1.29 is 9.85 Å². The zero-order chi connectivity index (χ0) is 15.3.